The third-order valence-electron chi connectivity index (χ3n) is 3.27. The molecule has 0 aromatic heterocycles. The van der Waals surface area contributed by atoms with E-state index in [-0.39, 0.29) is 22.9 Å². The Balaban J connectivity index is 2.68. The molecule has 0 aliphatic heterocycles. The van der Waals surface area contributed by atoms with Gasteiger partial charge in [0.1, 0.15) is 11.4 Å². The predicted molar refractivity (Wildman–Crippen MR) is 78.7 cm³/mol. The SMILES string of the molecule is CC(Sc1ccc(F)cc1)C(=O)NC(C)(C#N)C(C)C. The zero-order chi connectivity index (χ0) is 15.3. The van der Waals surface area contributed by atoms with Gasteiger partial charge in [-0.15, -0.1) is 11.8 Å². The fourth-order valence-electron chi connectivity index (χ4n) is 1.43. The maximum Gasteiger partial charge on any atom is 0.234 e. The largest absolute Gasteiger partial charge is 0.337 e. The molecule has 1 aromatic carbocycles. The molecule has 2 unspecified atom stereocenters. The van der Waals surface area contributed by atoms with Gasteiger partial charge in [0.05, 0.1) is 11.3 Å². The maximum absolute atomic E-state index is 12.8. The topological polar surface area (TPSA) is 52.9 Å². The number of hydrogen-bond donors (Lipinski definition) is 1. The average Bonchev–Trinajstić information content (AvgIpc) is 2.40. The quantitative estimate of drug-likeness (QED) is 0.847. The van der Waals surface area contributed by atoms with Crippen LogP contribution in [0.2, 0.25) is 0 Å². The molecular formula is C15H19FN2OS. The molecule has 2 atom stereocenters. The van der Waals surface area contributed by atoms with Crippen LogP contribution in [-0.2, 0) is 4.79 Å². The van der Waals surface area contributed by atoms with Crippen LogP contribution in [0, 0.1) is 23.1 Å². The Morgan fingerprint density at radius 2 is 1.90 bits per heavy atom. The van der Waals surface area contributed by atoms with Gasteiger partial charge in [-0.2, -0.15) is 5.26 Å². The number of halogens is 1. The fraction of sp³-hybridized carbons (Fsp3) is 0.467. The molecule has 0 spiro atoms. The van der Waals surface area contributed by atoms with E-state index in [4.69, 9.17) is 0 Å². The first-order chi connectivity index (χ1) is 9.28. The molecule has 0 radical (unpaired) electrons. The molecule has 5 heteroatoms. The van der Waals surface area contributed by atoms with Crippen molar-refractivity contribution in [3.63, 3.8) is 0 Å². The summed E-state index contributed by atoms with van der Waals surface area (Å²) >= 11 is 1.34. The molecular weight excluding hydrogens is 275 g/mol. The Morgan fingerprint density at radius 1 is 1.35 bits per heavy atom. The number of rotatable bonds is 5. The standard InChI is InChI=1S/C15H19FN2OS/c1-10(2)15(4,9-17)18-14(19)11(3)20-13-7-5-12(16)6-8-13/h5-8,10-11H,1-4H3,(H,18,19). The van der Waals surface area contributed by atoms with Crippen molar-refractivity contribution in [3.05, 3.63) is 30.1 Å². The summed E-state index contributed by atoms with van der Waals surface area (Å²) in [5.74, 6) is -0.486. The lowest BCUT2D eigenvalue weighted by Crippen LogP contribution is -2.51. The van der Waals surface area contributed by atoms with E-state index in [9.17, 15) is 14.4 Å². The zero-order valence-electron chi connectivity index (χ0n) is 12.1. The lowest BCUT2D eigenvalue weighted by atomic mass is 9.90. The van der Waals surface area contributed by atoms with Gasteiger partial charge in [-0.05, 0) is 44.0 Å². The lowest BCUT2D eigenvalue weighted by Gasteiger charge is -2.28. The number of hydrogen-bond acceptors (Lipinski definition) is 3. The lowest BCUT2D eigenvalue weighted by molar-refractivity contribution is -0.121. The monoisotopic (exact) mass is 294 g/mol. The van der Waals surface area contributed by atoms with Crippen LogP contribution in [0.4, 0.5) is 4.39 Å². The molecule has 0 saturated heterocycles. The summed E-state index contributed by atoms with van der Waals surface area (Å²) in [6.45, 7) is 7.26. The first-order valence-electron chi connectivity index (χ1n) is 6.44. The van der Waals surface area contributed by atoms with Crippen molar-refractivity contribution in [1.82, 2.24) is 5.32 Å². The molecule has 1 aromatic rings. The highest BCUT2D eigenvalue weighted by atomic mass is 32.2. The summed E-state index contributed by atoms with van der Waals surface area (Å²) in [5.41, 5.74) is -0.880. The van der Waals surface area contributed by atoms with E-state index in [0.29, 0.717) is 0 Å². The Labute approximate surface area is 123 Å². The van der Waals surface area contributed by atoms with E-state index in [0.717, 1.165) is 4.90 Å². The Bertz CT molecular complexity index is 510. The highest BCUT2D eigenvalue weighted by molar-refractivity contribution is 8.00. The van der Waals surface area contributed by atoms with Gasteiger partial charge in [0, 0.05) is 4.90 Å². The van der Waals surface area contributed by atoms with E-state index in [2.05, 4.69) is 11.4 Å². The summed E-state index contributed by atoms with van der Waals surface area (Å²) in [5, 5.41) is 11.6. The number of thioether (sulfide) groups is 1. The third kappa shape index (κ3) is 4.24. The molecule has 0 bridgehead atoms. The molecule has 1 rings (SSSR count). The van der Waals surface area contributed by atoms with Crippen LogP contribution in [0.15, 0.2) is 29.2 Å². The highest BCUT2D eigenvalue weighted by Gasteiger charge is 2.31. The van der Waals surface area contributed by atoms with Crippen molar-refractivity contribution in [2.24, 2.45) is 5.92 Å². The van der Waals surface area contributed by atoms with E-state index in [1.165, 1.54) is 23.9 Å². The van der Waals surface area contributed by atoms with E-state index >= 15 is 0 Å². The van der Waals surface area contributed by atoms with Crippen LogP contribution in [0.25, 0.3) is 0 Å². The van der Waals surface area contributed by atoms with Crippen LogP contribution in [-0.4, -0.2) is 16.7 Å². The van der Waals surface area contributed by atoms with Gasteiger partial charge in [0.25, 0.3) is 0 Å². The van der Waals surface area contributed by atoms with Crippen molar-refractivity contribution in [1.29, 1.82) is 5.26 Å². The van der Waals surface area contributed by atoms with Crippen LogP contribution in [0.1, 0.15) is 27.7 Å². The van der Waals surface area contributed by atoms with Gasteiger partial charge in [-0.3, -0.25) is 4.79 Å². The van der Waals surface area contributed by atoms with Crippen LogP contribution < -0.4 is 5.32 Å². The predicted octanol–water partition coefficient (Wildman–Crippen LogP) is 3.36. The minimum atomic E-state index is -0.880. The summed E-state index contributed by atoms with van der Waals surface area (Å²) in [6.07, 6.45) is 0. The molecule has 1 amide bonds. The van der Waals surface area contributed by atoms with Gasteiger partial charge in [0.15, 0.2) is 0 Å². The molecule has 20 heavy (non-hydrogen) atoms. The van der Waals surface area contributed by atoms with Crippen LogP contribution in [0.3, 0.4) is 0 Å². The number of nitrogens with zero attached hydrogens (tertiary/aromatic N) is 1. The van der Waals surface area contributed by atoms with Crippen molar-refractivity contribution in [2.45, 2.75) is 43.4 Å². The first-order valence-corrected chi connectivity index (χ1v) is 7.32. The molecule has 0 aliphatic carbocycles. The van der Waals surface area contributed by atoms with E-state index in [1.54, 1.807) is 26.0 Å². The Morgan fingerprint density at radius 3 is 2.35 bits per heavy atom. The molecule has 108 valence electrons. The summed E-state index contributed by atoms with van der Waals surface area (Å²) in [4.78, 5) is 13.0. The van der Waals surface area contributed by atoms with Crippen molar-refractivity contribution >= 4 is 17.7 Å². The van der Waals surface area contributed by atoms with Crippen molar-refractivity contribution in [2.75, 3.05) is 0 Å². The number of amides is 1. The number of carbonyl (C=O) groups is 1. The molecule has 0 fully saturated rings. The zero-order valence-corrected chi connectivity index (χ0v) is 12.9. The first kappa shape index (κ1) is 16.5. The summed E-state index contributed by atoms with van der Waals surface area (Å²) in [7, 11) is 0. The van der Waals surface area contributed by atoms with Crippen molar-refractivity contribution < 1.29 is 9.18 Å². The number of carbonyl (C=O) groups excluding carboxylic acids is 1. The van der Waals surface area contributed by atoms with Crippen LogP contribution in [0.5, 0.6) is 0 Å². The fourth-order valence-corrected chi connectivity index (χ4v) is 2.30. The Kier molecular flexibility index (Phi) is 5.58. The molecule has 0 heterocycles. The normalized spacial score (nSPS) is 15.2. The molecule has 0 aliphatic rings. The number of nitriles is 1. The van der Waals surface area contributed by atoms with Gasteiger partial charge in [0.2, 0.25) is 5.91 Å². The molecule has 1 N–H and O–H groups in total. The Hall–Kier alpha value is -1.54. The second kappa shape index (κ2) is 6.76. The van der Waals surface area contributed by atoms with Gasteiger partial charge < -0.3 is 5.32 Å². The number of nitrogens with one attached hydrogen (secondary N) is 1. The summed E-state index contributed by atoms with van der Waals surface area (Å²) in [6, 6.07) is 8.14. The third-order valence-corrected chi connectivity index (χ3v) is 4.38. The second-order valence-electron chi connectivity index (χ2n) is 5.17. The minimum Gasteiger partial charge on any atom is -0.337 e. The van der Waals surface area contributed by atoms with Crippen molar-refractivity contribution in [3.8, 4) is 6.07 Å². The maximum atomic E-state index is 12.8. The smallest absolute Gasteiger partial charge is 0.234 e. The molecule has 3 nitrogen and oxygen atoms in total. The van der Waals surface area contributed by atoms with Gasteiger partial charge in [-0.25, -0.2) is 4.39 Å². The van der Waals surface area contributed by atoms with Gasteiger partial charge >= 0.3 is 0 Å². The minimum absolute atomic E-state index is 0.0134. The van der Waals surface area contributed by atoms with E-state index in [1.807, 2.05) is 13.8 Å². The second-order valence-corrected chi connectivity index (χ2v) is 6.59. The molecule has 0 saturated carbocycles. The van der Waals surface area contributed by atoms with Gasteiger partial charge in [-0.1, -0.05) is 13.8 Å². The highest BCUT2D eigenvalue weighted by Crippen LogP contribution is 2.24. The number of benzene rings is 1. The van der Waals surface area contributed by atoms with Crippen LogP contribution >= 0.6 is 11.8 Å². The van der Waals surface area contributed by atoms with E-state index < -0.39 is 5.54 Å². The average molecular weight is 294 g/mol. The summed E-state index contributed by atoms with van der Waals surface area (Å²) < 4.78 is 12.8.